The van der Waals surface area contributed by atoms with Crippen LogP contribution in [0.4, 0.5) is 17.2 Å². The minimum Gasteiger partial charge on any atom is -0.490 e. The van der Waals surface area contributed by atoms with Crippen LogP contribution in [0.5, 0.6) is 5.75 Å². The number of pyridine rings is 1. The van der Waals surface area contributed by atoms with E-state index >= 15 is 0 Å². The quantitative estimate of drug-likeness (QED) is 0.890. The van der Waals surface area contributed by atoms with Crippen molar-refractivity contribution in [1.82, 2.24) is 4.98 Å². The molecule has 0 spiro atoms. The standard InChI is InChI=1S/C16H19N3O/c1-2-20-15-6-4-10-18-16(15)19-13-7-8-14-12(11-13)5-3-9-17-14/h4,6-8,10-11,17H,2-3,5,9H2,1H3,(H,18,19). The third-order valence-corrected chi connectivity index (χ3v) is 3.38. The molecule has 2 heterocycles. The molecule has 104 valence electrons. The summed E-state index contributed by atoms with van der Waals surface area (Å²) in [6.07, 6.45) is 4.08. The number of rotatable bonds is 4. The molecule has 0 fully saturated rings. The Morgan fingerprint density at radius 3 is 3.20 bits per heavy atom. The van der Waals surface area contributed by atoms with Gasteiger partial charge < -0.3 is 15.4 Å². The number of anilines is 3. The summed E-state index contributed by atoms with van der Waals surface area (Å²) in [5.41, 5.74) is 3.65. The summed E-state index contributed by atoms with van der Waals surface area (Å²) in [7, 11) is 0. The van der Waals surface area contributed by atoms with Gasteiger partial charge in [0.25, 0.3) is 0 Å². The van der Waals surface area contributed by atoms with E-state index < -0.39 is 0 Å². The minimum atomic E-state index is 0.633. The van der Waals surface area contributed by atoms with Crippen molar-refractivity contribution in [2.24, 2.45) is 0 Å². The van der Waals surface area contributed by atoms with Crippen LogP contribution >= 0.6 is 0 Å². The van der Waals surface area contributed by atoms with E-state index in [0.29, 0.717) is 6.61 Å². The first-order valence-corrected chi connectivity index (χ1v) is 7.08. The molecule has 0 amide bonds. The maximum atomic E-state index is 5.58. The van der Waals surface area contributed by atoms with Gasteiger partial charge in [0.2, 0.25) is 0 Å². The lowest BCUT2D eigenvalue weighted by atomic mass is 10.0. The number of aryl methyl sites for hydroxylation is 1. The number of ether oxygens (including phenoxy) is 1. The summed E-state index contributed by atoms with van der Waals surface area (Å²) in [5.74, 6) is 1.55. The van der Waals surface area contributed by atoms with E-state index in [1.54, 1.807) is 6.20 Å². The van der Waals surface area contributed by atoms with Gasteiger partial charge in [-0.25, -0.2) is 4.98 Å². The molecule has 0 atom stereocenters. The van der Waals surface area contributed by atoms with Gasteiger partial charge in [0.15, 0.2) is 11.6 Å². The summed E-state index contributed by atoms with van der Waals surface area (Å²) >= 11 is 0. The highest BCUT2D eigenvalue weighted by molar-refractivity contribution is 5.67. The SMILES string of the molecule is CCOc1cccnc1Nc1ccc2c(c1)CCCN2. The molecule has 2 aromatic rings. The monoisotopic (exact) mass is 269 g/mol. The smallest absolute Gasteiger partial charge is 0.173 e. The largest absolute Gasteiger partial charge is 0.490 e. The van der Waals surface area contributed by atoms with Gasteiger partial charge in [-0.15, -0.1) is 0 Å². The van der Waals surface area contributed by atoms with Crippen molar-refractivity contribution >= 4 is 17.2 Å². The molecule has 0 saturated carbocycles. The fourth-order valence-electron chi connectivity index (χ4n) is 2.45. The molecule has 1 aromatic heterocycles. The van der Waals surface area contributed by atoms with Gasteiger partial charge in [-0.2, -0.15) is 0 Å². The summed E-state index contributed by atoms with van der Waals surface area (Å²) in [4.78, 5) is 4.35. The van der Waals surface area contributed by atoms with E-state index in [1.807, 2.05) is 19.1 Å². The third kappa shape index (κ3) is 2.69. The van der Waals surface area contributed by atoms with Crippen molar-refractivity contribution in [3.63, 3.8) is 0 Å². The van der Waals surface area contributed by atoms with Crippen LogP contribution < -0.4 is 15.4 Å². The lowest BCUT2D eigenvalue weighted by Gasteiger charge is -2.19. The molecule has 0 bridgehead atoms. The fraction of sp³-hybridized carbons (Fsp3) is 0.312. The number of fused-ring (bicyclic) bond motifs is 1. The molecule has 1 aliphatic heterocycles. The van der Waals surface area contributed by atoms with Gasteiger partial charge in [-0.05, 0) is 55.7 Å². The molecule has 20 heavy (non-hydrogen) atoms. The number of benzene rings is 1. The number of aromatic nitrogens is 1. The lowest BCUT2D eigenvalue weighted by Crippen LogP contribution is -2.11. The van der Waals surface area contributed by atoms with Crippen LogP contribution in [0.3, 0.4) is 0 Å². The summed E-state index contributed by atoms with van der Waals surface area (Å²) in [6.45, 7) is 3.67. The summed E-state index contributed by atoms with van der Waals surface area (Å²) in [5, 5.41) is 6.76. The van der Waals surface area contributed by atoms with Crippen molar-refractivity contribution in [2.45, 2.75) is 19.8 Å². The second kappa shape index (κ2) is 5.82. The Morgan fingerprint density at radius 1 is 1.35 bits per heavy atom. The van der Waals surface area contributed by atoms with Crippen molar-refractivity contribution in [3.05, 3.63) is 42.1 Å². The third-order valence-electron chi connectivity index (χ3n) is 3.38. The molecule has 0 aliphatic carbocycles. The molecule has 2 N–H and O–H groups in total. The summed E-state index contributed by atoms with van der Waals surface area (Å²) < 4.78 is 5.58. The molecule has 3 rings (SSSR count). The van der Waals surface area contributed by atoms with Crippen molar-refractivity contribution in [1.29, 1.82) is 0 Å². The van der Waals surface area contributed by atoms with Gasteiger partial charge in [0.1, 0.15) is 0 Å². The number of hydrogen-bond donors (Lipinski definition) is 2. The second-order valence-electron chi connectivity index (χ2n) is 4.81. The van der Waals surface area contributed by atoms with E-state index in [-0.39, 0.29) is 0 Å². The Morgan fingerprint density at radius 2 is 2.30 bits per heavy atom. The Bertz CT molecular complexity index is 598. The van der Waals surface area contributed by atoms with Crippen molar-refractivity contribution in [3.8, 4) is 5.75 Å². The Kier molecular flexibility index (Phi) is 3.72. The van der Waals surface area contributed by atoms with Gasteiger partial charge in [0, 0.05) is 24.1 Å². The zero-order valence-electron chi connectivity index (χ0n) is 11.6. The van der Waals surface area contributed by atoms with Crippen LogP contribution in [0.1, 0.15) is 18.9 Å². The highest BCUT2D eigenvalue weighted by Crippen LogP contribution is 2.29. The molecule has 0 unspecified atom stereocenters. The molecule has 1 aromatic carbocycles. The van der Waals surface area contributed by atoms with Crippen LogP contribution in [0.25, 0.3) is 0 Å². The average Bonchev–Trinajstić information content (AvgIpc) is 2.49. The van der Waals surface area contributed by atoms with Gasteiger partial charge in [-0.1, -0.05) is 0 Å². The minimum absolute atomic E-state index is 0.633. The molecular formula is C16H19N3O. The first kappa shape index (κ1) is 12.8. The first-order valence-electron chi connectivity index (χ1n) is 7.08. The van der Waals surface area contributed by atoms with E-state index in [2.05, 4.69) is 33.8 Å². The predicted molar refractivity (Wildman–Crippen MR) is 81.9 cm³/mol. The number of nitrogens with one attached hydrogen (secondary N) is 2. The van der Waals surface area contributed by atoms with Gasteiger partial charge in [-0.3, -0.25) is 0 Å². The maximum absolute atomic E-state index is 5.58. The Balaban J connectivity index is 1.84. The number of hydrogen-bond acceptors (Lipinski definition) is 4. The first-order chi connectivity index (χ1) is 9.86. The predicted octanol–water partition coefficient (Wildman–Crippen LogP) is 3.58. The Labute approximate surface area is 119 Å². The zero-order chi connectivity index (χ0) is 13.8. The molecule has 0 radical (unpaired) electrons. The van der Waals surface area contributed by atoms with E-state index in [4.69, 9.17) is 4.74 Å². The summed E-state index contributed by atoms with van der Waals surface area (Å²) in [6, 6.07) is 10.2. The van der Waals surface area contributed by atoms with Crippen LogP contribution in [-0.2, 0) is 6.42 Å². The maximum Gasteiger partial charge on any atom is 0.173 e. The molecule has 4 heteroatoms. The van der Waals surface area contributed by atoms with E-state index in [9.17, 15) is 0 Å². The second-order valence-corrected chi connectivity index (χ2v) is 4.81. The average molecular weight is 269 g/mol. The molecule has 4 nitrogen and oxygen atoms in total. The van der Waals surface area contributed by atoms with Crippen LogP contribution in [0.2, 0.25) is 0 Å². The van der Waals surface area contributed by atoms with Gasteiger partial charge >= 0.3 is 0 Å². The highest BCUT2D eigenvalue weighted by atomic mass is 16.5. The fourth-order valence-corrected chi connectivity index (χ4v) is 2.45. The van der Waals surface area contributed by atoms with E-state index in [1.165, 1.54) is 17.7 Å². The zero-order valence-corrected chi connectivity index (χ0v) is 11.6. The molecule has 0 saturated heterocycles. The Hall–Kier alpha value is -2.23. The van der Waals surface area contributed by atoms with E-state index in [0.717, 1.165) is 30.2 Å². The lowest BCUT2D eigenvalue weighted by molar-refractivity contribution is 0.341. The van der Waals surface area contributed by atoms with Crippen LogP contribution in [-0.4, -0.2) is 18.1 Å². The normalized spacial score (nSPS) is 13.2. The topological polar surface area (TPSA) is 46.2 Å². The van der Waals surface area contributed by atoms with Crippen LogP contribution in [0.15, 0.2) is 36.5 Å². The highest BCUT2D eigenvalue weighted by Gasteiger charge is 2.10. The van der Waals surface area contributed by atoms with Crippen molar-refractivity contribution in [2.75, 3.05) is 23.8 Å². The van der Waals surface area contributed by atoms with Crippen LogP contribution in [0, 0.1) is 0 Å². The molecule has 1 aliphatic rings. The number of nitrogens with zero attached hydrogens (tertiary/aromatic N) is 1. The van der Waals surface area contributed by atoms with Crippen molar-refractivity contribution < 1.29 is 4.74 Å². The van der Waals surface area contributed by atoms with Gasteiger partial charge in [0.05, 0.1) is 6.61 Å². The molecular weight excluding hydrogens is 250 g/mol.